The Morgan fingerprint density at radius 2 is 1.77 bits per heavy atom. The molecule has 0 aliphatic rings. The number of hydrogen-bond donors (Lipinski definition) is 3. The van der Waals surface area contributed by atoms with E-state index in [1.807, 2.05) is 6.92 Å². The van der Waals surface area contributed by atoms with Crippen LogP contribution in [0, 0.1) is 6.92 Å². The van der Waals surface area contributed by atoms with Gasteiger partial charge in [0, 0.05) is 25.1 Å². The van der Waals surface area contributed by atoms with Crippen molar-refractivity contribution in [2.24, 2.45) is 0 Å². The van der Waals surface area contributed by atoms with E-state index < -0.39 is 15.9 Å². The van der Waals surface area contributed by atoms with Crippen molar-refractivity contribution >= 4 is 27.5 Å². The second kappa shape index (κ2) is 10.6. The summed E-state index contributed by atoms with van der Waals surface area (Å²) in [4.78, 5) is 24.0. The van der Waals surface area contributed by atoms with Gasteiger partial charge in [0.1, 0.15) is 5.75 Å². The summed E-state index contributed by atoms with van der Waals surface area (Å²) >= 11 is 0. The Morgan fingerprint density at radius 3 is 2.47 bits per heavy atom. The van der Waals surface area contributed by atoms with Crippen LogP contribution in [0.1, 0.15) is 35.7 Å². The van der Waals surface area contributed by atoms with Gasteiger partial charge in [0.05, 0.1) is 17.7 Å². The van der Waals surface area contributed by atoms with Crippen molar-refractivity contribution in [3.63, 3.8) is 0 Å². The first-order chi connectivity index (χ1) is 14.3. The molecule has 162 valence electrons. The maximum atomic E-state index is 12.9. The van der Waals surface area contributed by atoms with Crippen LogP contribution >= 0.6 is 0 Å². The van der Waals surface area contributed by atoms with Gasteiger partial charge in [-0.1, -0.05) is 25.1 Å². The average Bonchev–Trinajstić information content (AvgIpc) is 2.72. The number of rotatable bonds is 10. The first-order valence-electron chi connectivity index (χ1n) is 9.60. The van der Waals surface area contributed by atoms with Crippen molar-refractivity contribution < 1.29 is 22.7 Å². The number of sulfonamides is 1. The molecule has 2 aromatic carbocycles. The molecule has 0 aromatic heterocycles. The minimum Gasteiger partial charge on any atom is -0.495 e. The highest BCUT2D eigenvalue weighted by Crippen LogP contribution is 2.27. The van der Waals surface area contributed by atoms with Crippen molar-refractivity contribution in [3.8, 4) is 5.75 Å². The van der Waals surface area contributed by atoms with Gasteiger partial charge in [0.25, 0.3) is 15.9 Å². The molecular formula is C21H27N3O5S. The minimum atomic E-state index is -3.95. The molecule has 0 unspecified atom stereocenters. The Labute approximate surface area is 177 Å². The van der Waals surface area contributed by atoms with Crippen molar-refractivity contribution in [3.05, 3.63) is 53.6 Å². The monoisotopic (exact) mass is 433 g/mol. The van der Waals surface area contributed by atoms with E-state index in [-0.39, 0.29) is 29.3 Å². The predicted molar refractivity (Wildman–Crippen MR) is 115 cm³/mol. The van der Waals surface area contributed by atoms with Crippen LogP contribution in [0.4, 0.5) is 5.69 Å². The molecular weight excluding hydrogens is 406 g/mol. The van der Waals surface area contributed by atoms with E-state index in [1.165, 1.54) is 13.2 Å². The third kappa shape index (κ3) is 6.21. The summed E-state index contributed by atoms with van der Waals surface area (Å²) in [7, 11) is -2.50. The molecule has 0 fully saturated rings. The van der Waals surface area contributed by atoms with Gasteiger partial charge in [0.15, 0.2) is 0 Å². The number of carbonyl (C=O) groups excluding carboxylic acids is 2. The maximum Gasteiger partial charge on any atom is 0.262 e. The smallest absolute Gasteiger partial charge is 0.262 e. The zero-order valence-electron chi connectivity index (χ0n) is 17.3. The zero-order chi connectivity index (χ0) is 22.1. The topological polar surface area (TPSA) is 114 Å². The normalized spacial score (nSPS) is 10.9. The Kier molecular flexibility index (Phi) is 8.23. The molecule has 2 amide bonds. The van der Waals surface area contributed by atoms with Crippen LogP contribution in [0.2, 0.25) is 0 Å². The first-order valence-corrected chi connectivity index (χ1v) is 11.1. The summed E-state index contributed by atoms with van der Waals surface area (Å²) in [6, 6.07) is 11.1. The van der Waals surface area contributed by atoms with Crippen molar-refractivity contribution in [2.45, 2.75) is 31.6 Å². The van der Waals surface area contributed by atoms with Crippen molar-refractivity contribution in [1.82, 2.24) is 10.6 Å². The van der Waals surface area contributed by atoms with Gasteiger partial charge in [0.2, 0.25) is 5.91 Å². The van der Waals surface area contributed by atoms with E-state index in [1.54, 1.807) is 43.3 Å². The third-order valence-electron chi connectivity index (χ3n) is 4.30. The van der Waals surface area contributed by atoms with E-state index in [4.69, 9.17) is 4.74 Å². The van der Waals surface area contributed by atoms with E-state index in [9.17, 15) is 18.0 Å². The largest absolute Gasteiger partial charge is 0.495 e. The highest BCUT2D eigenvalue weighted by Gasteiger charge is 2.20. The lowest BCUT2D eigenvalue weighted by molar-refractivity contribution is -0.120. The molecule has 0 saturated heterocycles. The molecule has 9 heteroatoms. The SMILES string of the molecule is CCCNC(=O)CCNC(=O)c1ccc(C)c(S(=O)(=O)Nc2ccccc2OC)c1. The standard InChI is InChI=1S/C21H27N3O5S/c1-4-12-22-20(25)11-13-23-21(26)16-10-9-15(2)19(14-16)30(27,28)24-17-7-5-6-8-18(17)29-3/h5-10,14,24H,4,11-13H2,1-3H3,(H,22,25)(H,23,26). The zero-order valence-corrected chi connectivity index (χ0v) is 18.1. The first kappa shape index (κ1) is 23.2. The number of aryl methyl sites for hydroxylation is 1. The van der Waals surface area contributed by atoms with Gasteiger partial charge >= 0.3 is 0 Å². The number of hydrogen-bond acceptors (Lipinski definition) is 5. The number of ether oxygens (including phenoxy) is 1. The molecule has 0 atom stereocenters. The van der Waals surface area contributed by atoms with Crippen LogP contribution in [-0.2, 0) is 14.8 Å². The van der Waals surface area contributed by atoms with Gasteiger partial charge in [-0.05, 0) is 43.2 Å². The maximum absolute atomic E-state index is 12.9. The highest BCUT2D eigenvalue weighted by atomic mass is 32.2. The van der Waals surface area contributed by atoms with Gasteiger partial charge in [-0.3, -0.25) is 14.3 Å². The number of para-hydroxylation sites is 2. The second-order valence-corrected chi connectivity index (χ2v) is 8.29. The Balaban J connectivity index is 2.13. The fourth-order valence-corrected chi connectivity index (χ4v) is 4.05. The van der Waals surface area contributed by atoms with Crippen LogP contribution in [0.3, 0.4) is 0 Å². The molecule has 2 aromatic rings. The Hall–Kier alpha value is -3.07. The van der Waals surface area contributed by atoms with Crippen molar-refractivity contribution in [1.29, 1.82) is 0 Å². The summed E-state index contributed by atoms with van der Waals surface area (Å²) in [6.07, 6.45) is 0.986. The molecule has 30 heavy (non-hydrogen) atoms. The molecule has 0 bridgehead atoms. The molecule has 0 aliphatic heterocycles. The number of nitrogens with one attached hydrogen (secondary N) is 3. The van der Waals surface area contributed by atoms with Crippen LogP contribution < -0.4 is 20.1 Å². The number of amides is 2. The fourth-order valence-electron chi connectivity index (χ4n) is 2.70. The van der Waals surface area contributed by atoms with Gasteiger partial charge in [-0.15, -0.1) is 0 Å². The predicted octanol–water partition coefficient (Wildman–Crippen LogP) is 2.45. The molecule has 0 aliphatic carbocycles. The van der Waals surface area contributed by atoms with Crippen LogP contribution in [0.5, 0.6) is 5.75 Å². The number of anilines is 1. The number of carbonyl (C=O) groups is 2. The highest BCUT2D eigenvalue weighted by molar-refractivity contribution is 7.92. The quantitative estimate of drug-likeness (QED) is 0.533. The van der Waals surface area contributed by atoms with Crippen LogP contribution in [0.15, 0.2) is 47.4 Å². The van der Waals surface area contributed by atoms with Gasteiger partial charge in [-0.2, -0.15) is 0 Å². The Bertz CT molecular complexity index is 1010. The molecule has 0 heterocycles. The summed E-state index contributed by atoms with van der Waals surface area (Å²) in [6.45, 7) is 4.35. The van der Waals surface area contributed by atoms with Gasteiger partial charge in [-0.25, -0.2) is 8.42 Å². The Morgan fingerprint density at radius 1 is 1.03 bits per heavy atom. The lowest BCUT2D eigenvalue weighted by Gasteiger charge is -2.14. The fraction of sp³-hybridized carbons (Fsp3) is 0.333. The molecule has 0 radical (unpaired) electrons. The lowest BCUT2D eigenvalue weighted by atomic mass is 10.1. The molecule has 3 N–H and O–H groups in total. The third-order valence-corrected chi connectivity index (χ3v) is 5.81. The van der Waals surface area contributed by atoms with E-state index >= 15 is 0 Å². The molecule has 0 spiro atoms. The average molecular weight is 434 g/mol. The summed E-state index contributed by atoms with van der Waals surface area (Å²) in [5.41, 5.74) is 0.982. The van der Waals surface area contributed by atoms with Gasteiger partial charge < -0.3 is 15.4 Å². The van der Waals surface area contributed by atoms with E-state index in [0.717, 1.165) is 6.42 Å². The van der Waals surface area contributed by atoms with Crippen LogP contribution in [-0.4, -0.2) is 40.4 Å². The number of benzene rings is 2. The molecule has 8 nitrogen and oxygen atoms in total. The second-order valence-electron chi connectivity index (χ2n) is 6.64. The summed E-state index contributed by atoms with van der Waals surface area (Å²) < 4.78 is 33.5. The summed E-state index contributed by atoms with van der Waals surface area (Å²) in [5.74, 6) is -0.216. The molecule has 0 saturated carbocycles. The number of methoxy groups -OCH3 is 1. The summed E-state index contributed by atoms with van der Waals surface area (Å²) in [5, 5.41) is 5.36. The van der Waals surface area contributed by atoms with Crippen molar-refractivity contribution in [2.75, 3.05) is 24.9 Å². The minimum absolute atomic E-state index is 0.0123. The van der Waals surface area contributed by atoms with E-state index in [2.05, 4.69) is 15.4 Å². The van der Waals surface area contributed by atoms with E-state index in [0.29, 0.717) is 23.5 Å². The molecule has 2 rings (SSSR count). The lowest BCUT2D eigenvalue weighted by Crippen LogP contribution is -2.31. The van der Waals surface area contributed by atoms with Crippen LogP contribution in [0.25, 0.3) is 0 Å².